The van der Waals surface area contributed by atoms with Gasteiger partial charge < -0.3 is 9.14 Å². The Balaban J connectivity index is 2.19. The first-order chi connectivity index (χ1) is 11.9. The van der Waals surface area contributed by atoms with E-state index in [4.69, 9.17) is 27.9 Å². The molecule has 4 nitrogen and oxygen atoms in total. The van der Waals surface area contributed by atoms with E-state index in [1.807, 2.05) is 19.1 Å². The molecule has 128 valence electrons. The van der Waals surface area contributed by atoms with Gasteiger partial charge in [0, 0.05) is 16.8 Å². The monoisotopic (exact) mass is 375 g/mol. The summed E-state index contributed by atoms with van der Waals surface area (Å²) in [7, 11) is 0. The molecule has 3 rings (SSSR count). The molecule has 0 saturated heterocycles. The Morgan fingerprint density at radius 1 is 1.08 bits per heavy atom. The van der Waals surface area contributed by atoms with Crippen LogP contribution in [0.25, 0.3) is 5.52 Å². The Morgan fingerprint density at radius 3 is 2.52 bits per heavy atom. The fraction of sp³-hybridized carbons (Fsp3) is 0.158. The standard InChI is InChI=1S/C19H15Cl2NO3/c1-3-25-19(24)14-10-17(22-7-6-11(2)8-16(14)22)18(23)13-5-4-12(20)9-15(13)21/h4-10H,3H2,1-2H3. The van der Waals surface area contributed by atoms with Crippen LogP contribution in [0.2, 0.25) is 10.0 Å². The molecular weight excluding hydrogens is 361 g/mol. The van der Waals surface area contributed by atoms with Crippen molar-refractivity contribution in [2.24, 2.45) is 0 Å². The number of benzene rings is 1. The summed E-state index contributed by atoms with van der Waals surface area (Å²) >= 11 is 12.1. The van der Waals surface area contributed by atoms with Gasteiger partial charge in [-0.05, 0) is 55.8 Å². The molecule has 0 aliphatic carbocycles. The number of hydrogen-bond donors (Lipinski definition) is 0. The highest BCUT2D eigenvalue weighted by molar-refractivity contribution is 6.37. The fourth-order valence-corrected chi connectivity index (χ4v) is 3.16. The number of pyridine rings is 1. The fourth-order valence-electron chi connectivity index (χ4n) is 2.66. The van der Waals surface area contributed by atoms with Crippen molar-refractivity contribution in [3.8, 4) is 0 Å². The number of nitrogens with zero attached hydrogens (tertiary/aromatic N) is 1. The number of carbonyl (C=O) groups excluding carboxylic acids is 2. The van der Waals surface area contributed by atoms with E-state index >= 15 is 0 Å². The van der Waals surface area contributed by atoms with Gasteiger partial charge in [-0.2, -0.15) is 0 Å². The van der Waals surface area contributed by atoms with Crippen molar-refractivity contribution in [3.05, 3.63) is 75.0 Å². The summed E-state index contributed by atoms with van der Waals surface area (Å²) in [6.45, 7) is 3.91. The Bertz CT molecular complexity index is 992. The molecule has 0 aliphatic rings. The predicted molar refractivity (Wildman–Crippen MR) is 98.0 cm³/mol. The number of rotatable bonds is 4. The van der Waals surface area contributed by atoms with E-state index in [9.17, 15) is 9.59 Å². The largest absolute Gasteiger partial charge is 0.462 e. The Kier molecular flexibility index (Phi) is 4.84. The summed E-state index contributed by atoms with van der Waals surface area (Å²) in [4.78, 5) is 25.2. The van der Waals surface area contributed by atoms with Crippen LogP contribution >= 0.6 is 23.2 Å². The minimum Gasteiger partial charge on any atom is -0.462 e. The number of aryl methyl sites for hydroxylation is 1. The molecule has 0 unspecified atom stereocenters. The molecule has 6 heteroatoms. The highest BCUT2D eigenvalue weighted by Gasteiger charge is 2.22. The number of esters is 1. The predicted octanol–water partition coefficient (Wildman–Crippen LogP) is 4.96. The van der Waals surface area contributed by atoms with Crippen LogP contribution in [0, 0.1) is 6.92 Å². The number of hydrogen-bond acceptors (Lipinski definition) is 3. The molecule has 0 spiro atoms. The van der Waals surface area contributed by atoms with Gasteiger partial charge in [0.25, 0.3) is 0 Å². The molecule has 0 atom stereocenters. The van der Waals surface area contributed by atoms with Gasteiger partial charge in [0.1, 0.15) is 0 Å². The first-order valence-corrected chi connectivity index (χ1v) is 8.46. The molecule has 1 aromatic carbocycles. The zero-order valence-corrected chi connectivity index (χ0v) is 15.2. The summed E-state index contributed by atoms with van der Waals surface area (Å²) in [5.41, 5.74) is 2.59. The maximum absolute atomic E-state index is 13.0. The van der Waals surface area contributed by atoms with Crippen LogP contribution in [-0.4, -0.2) is 22.8 Å². The molecule has 0 radical (unpaired) electrons. The minimum atomic E-state index is -0.466. The van der Waals surface area contributed by atoms with Crippen molar-refractivity contribution in [3.63, 3.8) is 0 Å². The summed E-state index contributed by atoms with van der Waals surface area (Å²) in [6, 6.07) is 9.94. The third kappa shape index (κ3) is 3.28. The Hall–Kier alpha value is -2.30. The lowest BCUT2D eigenvalue weighted by atomic mass is 10.1. The number of halogens is 2. The SMILES string of the molecule is CCOC(=O)c1cc(C(=O)c2ccc(Cl)cc2Cl)n2ccc(C)cc12. The number of aromatic nitrogens is 1. The van der Waals surface area contributed by atoms with Crippen molar-refractivity contribution >= 4 is 40.5 Å². The highest BCUT2D eigenvalue weighted by atomic mass is 35.5. The lowest BCUT2D eigenvalue weighted by Gasteiger charge is -2.05. The second-order valence-electron chi connectivity index (χ2n) is 5.58. The zero-order chi connectivity index (χ0) is 18.1. The smallest absolute Gasteiger partial charge is 0.340 e. The van der Waals surface area contributed by atoms with Crippen molar-refractivity contribution in [1.29, 1.82) is 0 Å². The molecule has 0 fully saturated rings. The third-order valence-corrected chi connectivity index (χ3v) is 4.38. The van der Waals surface area contributed by atoms with Gasteiger partial charge in [0.05, 0.1) is 28.4 Å². The molecule has 0 aliphatic heterocycles. The summed E-state index contributed by atoms with van der Waals surface area (Å²) in [6.07, 6.45) is 1.75. The van der Waals surface area contributed by atoms with Crippen molar-refractivity contribution < 1.29 is 14.3 Å². The first kappa shape index (κ1) is 17.5. The first-order valence-electron chi connectivity index (χ1n) is 7.71. The molecule has 25 heavy (non-hydrogen) atoms. The van der Waals surface area contributed by atoms with Crippen LogP contribution in [0.3, 0.4) is 0 Å². The molecule has 3 aromatic rings. The number of fused-ring (bicyclic) bond motifs is 1. The van der Waals surface area contributed by atoms with Gasteiger partial charge in [0.2, 0.25) is 5.78 Å². The number of carbonyl (C=O) groups is 2. The molecule has 2 heterocycles. The van der Waals surface area contributed by atoms with Crippen LogP contribution < -0.4 is 0 Å². The average Bonchev–Trinajstić information content (AvgIpc) is 2.93. The Morgan fingerprint density at radius 2 is 1.84 bits per heavy atom. The summed E-state index contributed by atoms with van der Waals surface area (Å²) < 4.78 is 6.78. The molecule has 2 aromatic heterocycles. The molecule has 0 bridgehead atoms. The molecular formula is C19H15Cl2NO3. The van der Waals surface area contributed by atoms with Crippen LogP contribution in [0.4, 0.5) is 0 Å². The van der Waals surface area contributed by atoms with Gasteiger partial charge in [-0.15, -0.1) is 0 Å². The highest BCUT2D eigenvalue weighted by Crippen LogP contribution is 2.26. The number of ketones is 1. The van der Waals surface area contributed by atoms with Crippen molar-refractivity contribution in [2.45, 2.75) is 13.8 Å². The van der Waals surface area contributed by atoms with Gasteiger partial charge in [-0.3, -0.25) is 4.79 Å². The lowest BCUT2D eigenvalue weighted by molar-refractivity contribution is 0.0529. The van der Waals surface area contributed by atoms with E-state index in [1.165, 1.54) is 6.07 Å². The van der Waals surface area contributed by atoms with Gasteiger partial charge >= 0.3 is 5.97 Å². The molecule has 0 N–H and O–H groups in total. The summed E-state index contributed by atoms with van der Waals surface area (Å²) in [5.74, 6) is -0.761. The van der Waals surface area contributed by atoms with Crippen LogP contribution in [0.5, 0.6) is 0 Å². The average molecular weight is 376 g/mol. The van der Waals surface area contributed by atoms with E-state index in [-0.39, 0.29) is 17.4 Å². The van der Waals surface area contributed by atoms with Crippen LogP contribution in [-0.2, 0) is 4.74 Å². The van der Waals surface area contributed by atoms with Crippen LogP contribution in [0.1, 0.15) is 38.9 Å². The third-order valence-electron chi connectivity index (χ3n) is 3.83. The van der Waals surface area contributed by atoms with E-state index in [2.05, 4.69) is 0 Å². The van der Waals surface area contributed by atoms with Gasteiger partial charge in [-0.1, -0.05) is 23.2 Å². The van der Waals surface area contributed by atoms with E-state index < -0.39 is 5.97 Å². The van der Waals surface area contributed by atoms with Gasteiger partial charge in [0.15, 0.2) is 0 Å². The molecule has 0 saturated carbocycles. The normalized spacial score (nSPS) is 10.9. The maximum atomic E-state index is 13.0. The van der Waals surface area contributed by atoms with E-state index in [1.54, 1.807) is 35.7 Å². The van der Waals surface area contributed by atoms with E-state index in [0.29, 0.717) is 27.4 Å². The quantitative estimate of drug-likeness (QED) is 0.478. The second-order valence-corrected chi connectivity index (χ2v) is 6.42. The Labute approximate surface area is 154 Å². The molecule has 0 amide bonds. The van der Waals surface area contributed by atoms with Crippen molar-refractivity contribution in [1.82, 2.24) is 4.40 Å². The second kappa shape index (κ2) is 6.90. The topological polar surface area (TPSA) is 47.8 Å². The zero-order valence-electron chi connectivity index (χ0n) is 13.7. The van der Waals surface area contributed by atoms with E-state index in [0.717, 1.165) is 5.56 Å². The lowest BCUT2D eigenvalue weighted by Crippen LogP contribution is -2.05. The maximum Gasteiger partial charge on any atom is 0.340 e. The minimum absolute atomic E-state index is 0.258. The van der Waals surface area contributed by atoms with Gasteiger partial charge in [-0.25, -0.2) is 4.79 Å². The van der Waals surface area contributed by atoms with Crippen molar-refractivity contribution in [2.75, 3.05) is 6.61 Å². The number of ether oxygens (including phenoxy) is 1. The summed E-state index contributed by atoms with van der Waals surface area (Å²) in [5, 5.41) is 0.710. The van der Waals surface area contributed by atoms with Crippen LogP contribution in [0.15, 0.2) is 42.6 Å².